The van der Waals surface area contributed by atoms with Crippen molar-refractivity contribution in [2.45, 2.75) is 36.9 Å². The summed E-state index contributed by atoms with van der Waals surface area (Å²) in [6, 6.07) is 7.60. The second-order valence-electron chi connectivity index (χ2n) is 4.07. The SMILES string of the molecule is CC[C@@](C)(O)C#C[C@H](O)c1ccc(SC)cc1. The Bertz CT molecular complexity index is 412. The molecule has 1 aromatic carbocycles. The lowest BCUT2D eigenvalue weighted by Crippen LogP contribution is -2.19. The Labute approximate surface area is 107 Å². The van der Waals surface area contributed by atoms with Crippen molar-refractivity contribution in [1.29, 1.82) is 0 Å². The molecule has 1 aromatic rings. The van der Waals surface area contributed by atoms with Crippen LogP contribution in [-0.4, -0.2) is 22.1 Å². The first-order chi connectivity index (χ1) is 7.98. The summed E-state index contributed by atoms with van der Waals surface area (Å²) in [5.41, 5.74) is -0.276. The minimum atomic E-state index is -1.03. The third kappa shape index (κ3) is 4.43. The molecular formula is C14H18O2S. The summed E-state index contributed by atoms with van der Waals surface area (Å²) in [4.78, 5) is 1.15. The molecule has 2 N–H and O–H groups in total. The highest BCUT2D eigenvalue weighted by molar-refractivity contribution is 7.98. The first-order valence-corrected chi connectivity index (χ1v) is 6.78. The molecule has 92 valence electrons. The standard InChI is InChI=1S/C14H18O2S/c1-4-14(2,16)10-9-13(15)11-5-7-12(17-3)8-6-11/h5-8,13,15-16H,4H2,1-3H3/t13-,14+/m0/s1. The van der Waals surface area contributed by atoms with Crippen molar-refractivity contribution in [3.05, 3.63) is 29.8 Å². The molecule has 0 aliphatic rings. The smallest absolute Gasteiger partial charge is 0.140 e. The van der Waals surface area contributed by atoms with Crippen LogP contribution in [0, 0.1) is 11.8 Å². The lowest BCUT2D eigenvalue weighted by molar-refractivity contribution is 0.117. The van der Waals surface area contributed by atoms with Gasteiger partial charge in [0.25, 0.3) is 0 Å². The van der Waals surface area contributed by atoms with Gasteiger partial charge in [0.05, 0.1) is 0 Å². The highest BCUT2D eigenvalue weighted by Gasteiger charge is 2.13. The van der Waals surface area contributed by atoms with Gasteiger partial charge in [-0.2, -0.15) is 0 Å². The molecule has 0 spiro atoms. The molecule has 0 saturated heterocycles. The largest absolute Gasteiger partial charge is 0.378 e. The van der Waals surface area contributed by atoms with E-state index in [0.29, 0.717) is 6.42 Å². The molecule has 0 radical (unpaired) electrons. The third-order valence-corrected chi connectivity index (χ3v) is 3.34. The summed E-state index contributed by atoms with van der Waals surface area (Å²) in [7, 11) is 0. The molecule has 3 heteroatoms. The molecule has 0 amide bonds. The number of rotatable bonds is 3. The zero-order valence-electron chi connectivity index (χ0n) is 10.4. The van der Waals surface area contributed by atoms with Crippen molar-refractivity contribution in [2.75, 3.05) is 6.26 Å². The highest BCUT2D eigenvalue weighted by Crippen LogP contribution is 2.19. The van der Waals surface area contributed by atoms with Gasteiger partial charge in [-0.1, -0.05) is 30.9 Å². The van der Waals surface area contributed by atoms with E-state index in [1.165, 1.54) is 0 Å². The molecule has 17 heavy (non-hydrogen) atoms. The van der Waals surface area contributed by atoms with Gasteiger partial charge in [0, 0.05) is 4.90 Å². The maximum absolute atomic E-state index is 9.85. The normalized spacial score (nSPS) is 15.6. The van der Waals surface area contributed by atoms with E-state index in [9.17, 15) is 10.2 Å². The molecule has 0 unspecified atom stereocenters. The second kappa shape index (κ2) is 6.11. The van der Waals surface area contributed by atoms with Crippen molar-refractivity contribution < 1.29 is 10.2 Å². The molecule has 0 aliphatic carbocycles. The van der Waals surface area contributed by atoms with Gasteiger partial charge >= 0.3 is 0 Å². The molecule has 0 saturated carbocycles. The zero-order chi connectivity index (χ0) is 12.9. The third-order valence-electron chi connectivity index (χ3n) is 2.60. The number of hydrogen-bond donors (Lipinski definition) is 2. The van der Waals surface area contributed by atoms with Crippen LogP contribution in [0.5, 0.6) is 0 Å². The molecule has 1 rings (SSSR count). The summed E-state index contributed by atoms with van der Waals surface area (Å²) in [6.45, 7) is 3.50. The Kier molecular flexibility index (Phi) is 5.07. The van der Waals surface area contributed by atoms with Gasteiger partial charge < -0.3 is 10.2 Å². The average molecular weight is 250 g/mol. The van der Waals surface area contributed by atoms with E-state index in [2.05, 4.69) is 11.8 Å². The number of aliphatic hydroxyl groups excluding tert-OH is 1. The van der Waals surface area contributed by atoms with E-state index in [-0.39, 0.29) is 0 Å². The van der Waals surface area contributed by atoms with Crippen LogP contribution >= 0.6 is 11.8 Å². The quantitative estimate of drug-likeness (QED) is 0.640. The maximum Gasteiger partial charge on any atom is 0.140 e. The lowest BCUT2D eigenvalue weighted by atomic mass is 10.0. The second-order valence-corrected chi connectivity index (χ2v) is 4.95. The molecule has 0 aromatic heterocycles. The van der Waals surface area contributed by atoms with E-state index < -0.39 is 11.7 Å². The molecule has 2 atom stereocenters. The van der Waals surface area contributed by atoms with Crippen LogP contribution in [0.1, 0.15) is 31.9 Å². The van der Waals surface area contributed by atoms with Crippen molar-refractivity contribution in [3.63, 3.8) is 0 Å². The number of aliphatic hydroxyl groups is 2. The average Bonchev–Trinajstić information content (AvgIpc) is 2.36. The summed E-state index contributed by atoms with van der Waals surface area (Å²) < 4.78 is 0. The van der Waals surface area contributed by atoms with Crippen LogP contribution in [0.15, 0.2) is 29.2 Å². The van der Waals surface area contributed by atoms with Gasteiger partial charge in [0.15, 0.2) is 0 Å². The first kappa shape index (κ1) is 14.1. The highest BCUT2D eigenvalue weighted by atomic mass is 32.2. The predicted octanol–water partition coefficient (Wildman–Crippen LogP) is 2.61. The molecule has 0 bridgehead atoms. The number of thioether (sulfide) groups is 1. The minimum Gasteiger partial charge on any atom is -0.378 e. The van der Waals surface area contributed by atoms with Crippen LogP contribution in [0.25, 0.3) is 0 Å². The maximum atomic E-state index is 9.85. The van der Waals surface area contributed by atoms with Crippen molar-refractivity contribution in [1.82, 2.24) is 0 Å². The van der Waals surface area contributed by atoms with Crippen LogP contribution in [-0.2, 0) is 0 Å². The lowest BCUT2D eigenvalue weighted by Gasteiger charge is -2.13. The molecule has 2 nitrogen and oxygen atoms in total. The van der Waals surface area contributed by atoms with Gasteiger partial charge in [-0.3, -0.25) is 0 Å². The Morgan fingerprint density at radius 1 is 1.35 bits per heavy atom. The Morgan fingerprint density at radius 3 is 2.41 bits per heavy atom. The van der Waals surface area contributed by atoms with Gasteiger partial charge in [0.2, 0.25) is 0 Å². The molecule has 0 aliphatic heterocycles. The summed E-state index contributed by atoms with van der Waals surface area (Å²) >= 11 is 1.65. The Balaban J connectivity index is 2.79. The Hall–Kier alpha value is -0.950. The zero-order valence-corrected chi connectivity index (χ0v) is 11.2. The number of benzene rings is 1. The molecule has 0 heterocycles. The fourth-order valence-electron chi connectivity index (χ4n) is 1.18. The van der Waals surface area contributed by atoms with E-state index in [4.69, 9.17) is 0 Å². The van der Waals surface area contributed by atoms with Gasteiger partial charge in [-0.25, -0.2) is 0 Å². The molecule has 0 fully saturated rings. The van der Waals surface area contributed by atoms with E-state index in [0.717, 1.165) is 10.5 Å². The van der Waals surface area contributed by atoms with Crippen molar-refractivity contribution in [3.8, 4) is 11.8 Å². The van der Waals surface area contributed by atoms with Crippen LogP contribution < -0.4 is 0 Å². The van der Waals surface area contributed by atoms with Gasteiger partial charge in [-0.05, 0) is 37.3 Å². The predicted molar refractivity (Wildman–Crippen MR) is 71.9 cm³/mol. The first-order valence-electron chi connectivity index (χ1n) is 5.55. The van der Waals surface area contributed by atoms with Gasteiger partial charge in [0.1, 0.15) is 11.7 Å². The fourth-order valence-corrected chi connectivity index (χ4v) is 1.59. The number of hydrogen-bond acceptors (Lipinski definition) is 3. The topological polar surface area (TPSA) is 40.5 Å². The fraction of sp³-hybridized carbons (Fsp3) is 0.429. The monoisotopic (exact) mass is 250 g/mol. The van der Waals surface area contributed by atoms with Crippen molar-refractivity contribution in [2.24, 2.45) is 0 Å². The van der Waals surface area contributed by atoms with E-state index in [1.807, 2.05) is 37.4 Å². The van der Waals surface area contributed by atoms with Gasteiger partial charge in [-0.15, -0.1) is 11.8 Å². The Morgan fingerprint density at radius 2 is 1.94 bits per heavy atom. The van der Waals surface area contributed by atoms with Crippen LogP contribution in [0.4, 0.5) is 0 Å². The van der Waals surface area contributed by atoms with E-state index in [1.54, 1.807) is 18.7 Å². The van der Waals surface area contributed by atoms with Crippen LogP contribution in [0.2, 0.25) is 0 Å². The van der Waals surface area contributed by atoms with E-state index >= 15 is 0 Å². The van der Waals surface area contributed by atoms with Crippen molar-refractivity contribution >= 4 is 11.8 Å². The summed E-state index contributed by atoms with van der Waals surface area (Å²) in [5.74, 6) is 5.36. The van der Waals surface area contributed by atoms with Crippen LogP contribution in [0.3, 0.4) is 0 Å². The minimum absolute atomic E-state index is 0.540. The summed E-state index contributed by atoms with van der Waals surface area (Å²) in [6.07, 6.45) is 1.70. The summed E-state index contributed by atoms with van der Waals surface area (Å²) in [5, 5.41) is 19.6. The molecular weight excluding hydrogens is 232 g/mol.